The zero-order chi connectivity index (χ0) is 18.7. The Morgan fingerprint density at radius 3 is 2.65 bits per heavy atom. The number of halogens is 1. The summed E-state index contributed by atoms with van der Waals surface area (Å²) in [6.07, 6.45) is 0.152. The first-order chi connectivity index (χ1) is 12.5. The number of benzene rings is 2. The molecule has 26 heavy (non-hydrogen) atoms. The predicted molar refractivity (Wildman–Crippen MR) is 98.4 cm³/mol. The smallest absolute Gasteiger partial charge is 0.340 e. The highest BCUT2D eigenvalue weighted by Crippen LogP contribution is 2.31. The van der Waals surface area contributed by atoms with Gasteiger partial charge < -0.3 is 15.0 Å². The van der Waals surface area contributed by atoms with E-state index in [1.54, 1.807) is 49.4 Å². The summed E-state index contributed by atoms with van der Waals surface area (Å²) < 4.78 is 5.14. The lowest BCUT2D eigenvalue weighted by Crippen LogP contribution is -2.41. The van der Waals surface area contributed by atoms with Gasteiger partial charge in [-0.05, 0) is 31.2 Å². The summed E-state index contributed by atoms with van der Waals surface area (Å²) in [5, 5.41) is 3.04. The van der Waals surface area contributed by atoms with Gasteiger partial charge in [-0.3, -0.25) is 9.59 Å². The number of ether oxygens (including phenoxy) is 1. The topological polar surface area (TPSA) is 75.7 Å². The van der Waals surface area contributed by atoms with Crippen LogP contribution < -0.4 is 10.2 Å². The van der Waals surface area contributed by atoms with Crippen molar-refractivity contribution in [3.8, 4) is 0 Å². The van der Waals surface area contributed by atoms with Crippen LogP contribution in [0.25, 0.3) is 0 Å². The Morgan fingerprint density at radius 2 is 1.88 bits per heavy atom. The van der Waals surface area contributed by atoms with Crippen molar-refractivity contribution in [1.82, 2.24) is 0 Å². The van der Waals surface area contributed by atoms with Crippen LogP contribution in [0.1, 0.15) is 23.7 Å². The molecule has 134 valence electrons. The van der Waals surface area contributed by atoms with Crippen molar-refractivity contribution >= 4 is 40.8 Å². The monoisotopic (exact) mass is 372 g/mol. The largest absolute Gasteiger partial charge is 0.452 e. The fourth-order valence-corrected chi connectivity index (χ4v) is 3.08. The van der Waals surface area contributed by atoms with Gasteiger partial charge in [-0.2, -0.15) is 0 Å². The molecule has 0 fully saturated rings. The summed E-state index contributed by atoms with van der Waals surface area (Å²) in [6.45, 7) is 1.33. The van der Waals surface area contributed by atoms with Gasteiger partial charge in [0, 0.05) is 12.5 Å². The predicted octanol–water partition coefficient (Wildman–Crippen LogP) is 3.26. The number of rotatable bonds is 3. The second-order valence-corrected chi connectivity index (χ2v) is 6.35. The molecule has 0 saturated carbocycles. The van der Waals surface area contributed by atoms with Gasteiger partial charge >= 0.3 is 5.97 Å². The molecule has 0 saturated heterocycles. The molecule has 0 unspecified atom stereocenters. The van der Waals surface area contributed by atoms with Crippen molar-refractivity contribution in [1.29, 1.82) is 0 Å². The Balaban J connectivity index is 1.77. The minimum atomic E-state index is -0.672. The molecule has 0 bridgehead atoms. The molecule has 1 aliphatic rings. The van der Waals surface area contributed by atoms with E-state index in [1.165, 1.54) is 11.0 Å². The molecule has 0 aliphatic carbocycles. The van der Waals surface area contributed by atoms with E-state index >= 15 is 0 Å². The minimum absolute atomic E-state index is 0.152. The average Bonchev–Trinajstić information content (AvgIpc) is 2.74. The lowest BCUT2D eigenvalue weighted by Gasteiger charge is -2.27. The van der Waals surface area contributed by atoms with Gasteiger partial charge in [0.2, 0.25) is 5.91 Å². The van der Waals surface area contributed by atoms with E-state index < -0.39 is 18.5 Å². The van der Waals surface area contributed by atoms with Crippen LogP contribution in [0.5, 0.6) is 0 Å². The summed E-state index contributed by atoms with van der Waals surface area (Å²) in [5.74, 6) is -1.26. The van der Waals surface area contributed by atoms with E-state index in [2.05, 4.69) is 5.32 Å². The fraction of sp³-hybridized carbons (Fsp3) is 0.211. The number of hydrogen-bond donors (Lipinski definition) is 1. The quantitative estimate of drug-likeness (QED) is 0.839. The maximum atomic E-state index is 12.7. The number of esters is 1. The number of amides is 2. The van der Waals surface area contributed by atoms with Crippen molar-refractivity contribution in [2.24, 2.45) is 0 Å². The van der Waals surface area contributed by atoms with Crippen LogP contribution in [-0.2, 0) is 14.3 Å². The van der Waals surface area contributed by atoms with Gasteiger partial charge in [0.25, 0.3) is 5.91 Å². The van der Waals surface area contributed by atoms with Gasteiger partial charge in [-0.1, -0.05) is 35.9 Å². The van der Waals surface area contributed by atoms with E-state index in [-0.39, 0.29) is 29.0 Å². The fourth-order valence-electron chi connectivity index (χ4n) is 2.87. The molecule has 0 spiro atoms. The van der Waals surface area contributed by atoms with Crippen LogP contribution in [0.3, 0.4) is 0 Å². The lowest BCUT2D eigenvalue weighted by atomic mass is 10.1. The van der Waals surface area contributed by atoms with Crippen LogP contribution in [0.4, 0.5) is 11.4 Å². The molecular formula is C19H17ClN2O4. The Hall–Kier alpha value is -2.86. The van der Waals surface area contributed by atoms with Crippen molar-refractivity contribution < 1.29 is 19.1 Å². The zero-order valence-electron chi connectivity index (χ0n) is 14.1. The number of nitrogens with zero attached hydrogens (tertiary/aromatic N) is 1. The average molecular weight is 373 g/mol. The van der Waals surface area contributed by atoms with E-state index in [0.29, 0.717) is 11.4 Å². The highest BCUT2D eigenvalue weighted by Gasteiger charge is 2.30. The third-order valence-corrected chi connectivity index (χ3v) is 4.38. The summed E-state index contributed by atoms with van der Waals surface area (Å²) >= 11 is 5.97. The molecular weight excluding hydrogens is 356 g/mol. The summed E-state index contributed by atoms with van der Waals surface area (Å²) in [7, 11) is 0. The Morgan fingerprint density at radius 1 is 1.19 bits per heavy atom. The van der Waals surface area contributed by atoms with Crippen LogP contribution in [0, 0.1) is 0 Å². The number of anilines is 2. The number of nitrogens with one attached hydrogen (secondary N) is 1. The van der Waals surface area contributed by atoms with Gasteiger partial charge in [0.05, 0.1) is 22.0 Å². The van der Waals surface area contributed by atoms with E-state index in [0.717, 1.165) is 0 Å². The molecule has 1 aliphatic heterocycles. The van der Waals surface area contributed by atoms with E-state index in [1.807, 2.05) is 0 Å². The molecule has 0 radical (unpaired) electrons. The van der Waals surface area contributed by atoms with Crippen molar-refractivity contribution in [2.75, 3.05) is 16.8 Å². The van der Waals surface area contributed by atoms with Crippen molar-refractivity contribution in [3.63, 3.8) is 0 Å². The van der Waals surface area contributed by atoms with Gasteiger partial charge in [-0.15, -0.1) is 0 Å². The Labute approximate surface area is 155 Å². The van der Waals surface area contributed by atoms with E-state index in [4.69, 9.17) is 16.3 Å². The van der Waals surface area contributed by atoms with Gasteiger partial charge in [0.1, 0.15) is 0 Å². The molecule has 2 aromatic carbocycles. The number of carbonyl (C=O) groups is 3. The molecule has 7 heteroatoms. The SMILES string of the molecule is C[C@@H]1CC(=O)Nc2ccccc2N1C(=O)COC(=O)c1ccccc1Cl. The van der Waals surface area contributed by atoms with E-state index in [9.17, 15) is 14.4 Å². The first-order valence-electron chi connectivity index (χ1n) is 8.10. The Bertz CT molecular complexity index is 868. The van der Waals surface area contributed by atoms with Crippen LogP contribution in [-0.4, -0.2) is 30.4 Å². The van der Waals surface area contributed by atoms with Crippen LogP contribution in [0.2, 0.25) is 5.02 Å². The van der Waals surface area contributed by atoms with Gasteiger partial charge in [-0.25, -0.2) is 4.79 Å². The molecule has 2 amide bonds. The van der Waals surface area contributed by atoms with Crippen LogP contribution in [0.15, 0.2) is 48.5 Å². The number of fused-ring (bicyclic) bond motifs is 1. The normalized spacial score (nSPS) is 16.3. The third kappa shape index (κ3) is 3.70. The van der Waals surface area contributed by atoms with Crippen molar-refractivity contribution in [2.45, 2.75) is 19.4 Å². The first-order valence-corrected chi connectivity index (χ1v) is 8.47. The second-order valence-electron chi connectivity index (χ2n) is 5.94. The number of carbonyl (C=O) groups excluding carboxylic acids is 3. The molecule has 2 aromatic rings. The Kier molecular flexibility index (Phi) is 5.23. The number of hydrogen-bond acceptors (Lipinski definition) is 4. The molecule has 6 nitrogen and oxygen atoms in total. The van der Waals surface area contributed by atoms with Crippen LogP contribution >= 0.6 is 11.6 Å². The highest BCUT2D eigenvalue weighted by atomic mass is 35.5. The highest BCUT2D eigenvalue weighted by molar-refractivity contribution is 6.33. The van der Waals surface area contributed by atoms with Crippen molar-refractivity contribution in [3.05, 3.63) is 59.1 Å². The maximum Gasteiger partial charge on any atom is 0.340 e. The minimum Gasteiger partial charge on any atom is -0.452 e. The third-order valence-electron chi connectivity index (χ3n) is 4.05. The lowest BCUT2D eigenvalue weighted by molar-refractivity contribution is -0.122. The molecule has 1 heterocycles. The molecule has 1 N–H and O–H groups in total. The molecule has 0 aromatic heterocycles. The number of para-hydroxylation sites is 2. The maximum absolute atomic E-state index is 12.7. The van der Waals surface area contributed by atoms with Gasteiger partial charge in [0.15, 0.2) is 6.61 Å². The molecule has 3 rings (SSSR count). The summed E-state index contributed by atoms with van der Waals surface area (Å²) in [4.78, 5) is 38.3. The zero-order valence-corrected chi connectivity index (χ0v) is 14.8. The summed E-state index contributed by atoms with van der Waals surface area (Å²) in [5.41, 5.74) is 1.32. The summed E-state index contributed by atoms with van der Waals surface area (Å²) in [6, 6.07) is 13.1. The second kappa shape index (κ2) is 7.58. The molecule has 1 atom stereocenters. The standard InChI is InChI=1S/C19H17ClN2O4/c1-12-10-17(23)21-15-8-4-5-9-16(15)22(12)18(24)11-26-19(25)13-6-2-3-7-14(13)20/h2-9,12H,10-11H2,1H3,(H,21,23)/t12-/m1/s1. The first kappa shape index (κ1) is 17.9.